The highest BCUT2D eigenvalue weighted by Gasteiger charge is 2.16. The standard InChI is InChI=1S/C26H34N4O5/c1-18-14-19(4-5-23(18)35-20-6-8-27-9-7-20)30-26-21-15-24(33-12-10-31-2)25(34-13-11-32-3)16-22(21)28-17-29-26/h4-5,14-17,20,27H,6-13H2,1-3H3,(H,28,29,30). The first-order valence-corrected chi connectivity index (χ1v) is 11.9. The predicted molar refractivity (Wildman–Crippen MR) is 135 cm³/mol. The molecule has 3 aromatic rings. The second-order valence-corrected chi connectivity index (χ2v) is 8.39. The third kappa shape index (κ3) is 6.72. The number of nitrogens with zero attached hydrogens (tertiary/aromatic N) is 2. The van der Waals surface area contributed by atoms with Gasteiger partial charge in [-0.2, -0.15) is 0 Å². The number of rotatable bonds is 12. The first-order valence-electron chi connectivity index (χ1n) is 11.9. The molecule has 0 bridgehead atoms. The Morgan fingerprint density at radius 2 is 1.60 bits per heavy atom. The topological polar surface area (TPSA) is 96.0 Å². The molecule has 0 amide bonds. The van der Waals surface area contributed by atoms with E-state index in [2.05, 4.69) is 33.6 Å². The van der Waals surface area contributed by atoms with Gasteiger partial charge < -0.3 is 34.3 Å². The maximum atomic E-state index is 6.23. The fourth-order valence-electron chi connectivity index (χ4n) is 3.95. The molecule has 188 valence electrons. The zero-order chi connectivity index (χ0) is 24.5. The third-order valence-electron chi connectivity index (χ3n) is 5.81. The van der Waals surface area contributed by atoms with Crippen molar-refractivity contribution in [2.45, 2.75) is 25.9 Å². The van der Waals surface area contributed by atoms with Gasteiger partial charge in [-0.05, 0) is 62.7 Å². The van der Waals surface area contributed by atoms with Crippen LogP contribution in [0.2, 0.25) is 0 Å². The van der Waals surface area contributed by atoms with Crippen molar-refractivity contribution < 1.29 is 23.7 Å². The molecule has 0 saturated carbocycles. The Morgan fingerprint density at radius 3 is 2.29 bits per heavy atom. The van der Waals surface area contributed by atoms with Crippen LogP contribution in [-0.4, -0.2) is 69.8 Å². The number of methoxy groups -OCH3 is 2. The van der Waals surface area contributed by atoms with Gasteiger partial charge in [0.15, 0.2) is 11.5 Å². The monoisotopic (exact) mass is 482 g/mol. The van der Waals surface area contributed by atoms with E-state index < -0.39 is 0 Å². The largest absolute Gasteiger partial charge is 0.490 e. The zero-order valence-electron chi connectivity index (χ0n) is 20.6. The van der Waals surface area contributed by atoms with Gasteiger partial charge in [-0.15, -0.1) is 0 Å². The van der Waals surface area contributed by atoms with Crippen LogP contribution < -0.4 is 24.8 Å². The van der Waals surface area contributed by atoms with Gasteiger partial charge in [0.25, 0.3) is 0 Å². The van der Waals surface area contributed by atoms with Crippen LogP contribution in [0.3, 0.4) is 0 Å². The van der Waals surface area contributed by atoms with Crippen LogP contribution in [0.4, 0.5) is 11.5 Å². The summed E-state index contributed by atoms with van der Waals surface area (Å²) < 4.78 is 28.3. The molecule has 0 radical (unpaired) electrons. The van der Waals surface area contributed by atoms with E-state index in [1.807, 2.05) is 24.3 Å². The van der Waals surface area contributed by atoms with Crippen molar-refractivity contribution in [3.63, 3.8) is 0 Å². The zero-order valence-corrected chi connectivity index (χ0v) is 20.6. The van der Waals surface area contributed by atoms with Crippen molar-refractivity contribution in [1.82, 2.24) is 15.3 Å². The summed E-state index contributed by atoms with van der Waals surface area (Å²) in [5, 5.41) is 7.62. The lowest BCUT2D eigenvalue weighted by Gasteiger charge is -2.24. The highest BCUT2D eigenvalue weighted by molar-refractivity contribution is 5.93. The number of anilines is 2. The molecule has 1 saturated heterocycles. The molecule has 9 heteroatoms. The van der Waals surface area contributed by atoms with Gasteiger partial charge in [0.2, 0.25) is 0 Å². The molecule has 0 spiro atoms. The summed E-state index contributed by atoms with van der Waals surface area (Å²) in [5.41, 5.74) is 2.74. The lowest BCUT2D eigenvalue weighted by atomic mass is 10.1. The Hall–Kier alpha value is -3.14. The second kappa shape index (κ2) is 12.5. The molecule has 0 atom stereocenters. The maximum absolute atomic E-state index is 6.23. The molecule has 1 aliphatic heterocycles. The number of ether oxygens (including phenoxy) is 5. The Labute approximate surface area is 206 Å². The van der Waals surface area contributed by atoms with Crippen LogP contribution in [-0.2, 0) is 9.47 Å². The third-order valence-corrected chi connectivity index (χ3v) is 5.81. The second-order valence-electron chi connectivity index (χ2n) is 8.39. The average Bonchev–Trinajstić information content (AvgIpc) is 2.87. The summed E-state index contributed by atoms with van der Waals surface area (Å²) in [7, 11) is 3.28. The predicted octanol–water partition coefficient (Wildman–Crippen LogP) is 3.86. The summed E-state index contributed by atoms with van der Waals surface area (Å²) in [4.78, 5) is 8.93. The fourth-order valence-corrected chi connectivity index (χ4v) is 3.95. The first kappa shape index (κ1) is 25.0. The number of hydrogen-bond acceptors (Lipinski definition) is 9. The summed E-state index contributed by atoms with van der Waals surface area (Å²) in [5.74, 6) is 2.80. The highest BCUT2D eigenvalue weighted by Crippen LogP contribution is 2.35. The van der Waals surface area contributed by atoms with Gasteiger partial charge in [-0.3, -0.25) is 0 Å². The Morgan fingerprint density at radius 1 is 0.886 bits per heavy atom. The molecule has 35 heavy (non-hydrogen) atoms. The SMILES string of the molecule is COCCOc1cc2ncnc(Nc3ccc(OC4CCNCC4)c(C)c3)c2cc1OCCOC. The molecule has 2 heterocycles. The van der Waals surface area contributed by atoms with Crippen LogP contribution in [0.5, 0.6) is 17.2 Å². The smallest absolute Gasteiger partial charge is 0.163 e. The van der Waals surface area contributed by atoms with E-state index >= 15 is 0 Å². The number of benzene rings is 2. The minimum absolute atomic E-state index is 0.261. The van der Waals surface area contributed by atoms with Crippen molar-refractivity contribution in [2.75, 3.05) is 59.1 Å². The molecule has 0 aliphatic carbocycles. The van der Waals surface area contributed by atoms with E-state index in [0.717, 1.165) is 53.8 Å². The van der Waals surface area contributed by atoms with Crippen molar-refractivity contribution >= 4 is 22.4 Å². The van der Waals surface area contributed by atoms with Crippen LogP contribution in [0.1, 0.15) is 18.4 Å². The van der Waals surface area contributed by atoms with Crippen LogP contribution in [0.15, 0.2) is 36.7 Å². The maximum Gasteiger partial charge on any atom is 0.163 e. The molecule has 0 unspecified atom stereocenters. The molecular weight excluding hydrogens is 448 g/mol. The molecule has 2 N–H and O–H groups in total. The number of fused-ring (bicyclic) bond motifs is 1. The van der Waals surface area contributed by atoms with E-state index in [0.29, 0.717) is 43.7 Å². The van der Waals surface area contributed by atoms with Gasteiger partial charge >= 0.3 is 0 Å². The lowest BCUT2D eigenvalue weighted by molar-refractivity contribution is 0.132. The summed E-state index contributed by atoms with van der Waals surface area (Å²) in [6, 6.07) is 9.86. The average molecular weight is 483 g/mol. The van der Waals surface area contributed by atoms with E-state index in [-0.39, 0.29) is 6.10 Å². The van der Waals surface area contributed by atoms with Crippen molar-refractivity contribution in [2.24, 2.45) is 0 Å². The molecule has 1 fully saturated rings. The van der Waals surface area contributed by atoms with E-state index in [9.17, 15) is 0 Å². The molecular formula is C26H34N4O5. The first-order chi connectivity index (χ1) is 17.2. The Kier molecular flexibility index (Phi) is 8.94. The van der Waals surface area contributed by atoms with E-state index in [4.69, 9.17) is 23.7 Å². The van der Waals surface area contributed by atoms with Crippen LogP contribution >= 0.6 is 0 Å². The summed E-state index contributed by atoms with van der Waals surface area (Å²) in [6.07, 6.45) is 3.85. The van der Waals surface area contributed by atoms with E-state index in [1.165, 1.54) is 6.33 Å². The van der Waals surface area contributed by atoms with Crippen molar-refractivity contribution in [3.8, 4) is 17.2 Å². The van der Waals surface area contributed by atoms with Gasteiger partial charge in [-0.25, -0.2) is 9.97 Å². The summed E-state index contributed by atoms with van der Waals surface area (Å²) >= 11 is 0. The summed E-state index contributed by atoms with van der Waals surface area (Å²) in [6.45, 7) is 5.81. The fraction of sp³-hybridized carbons (Fsp3) is 0.462. The van der Waals surface area contributed by atoms with Gasteiger partial charge in [-0.1, -0.05) is 0 Å². The molecule has 2 aromatic carbocycles. The Balaban J connectivity index is 1.56. The Bertz CT molecular complexity index is 1100. The molecule has 1 aromatic heterocycles. The van der Waals surface area contributed by atoms with Gasteiger partial charge in [0.05, 0.1) is 18.7 Å². The number of nitrogens with one attached hydrogen (secondary N) is 2. The number of hydrogen-bond donors (Lipinski definition) is 2. The molecule has 9 nitrogen and oxygen atoms in total. The van der Waals surface area contributed by atoms with Crippen LogP contribution in [0.25, 0.3) is 10.9 Å². The molecule has 1 aliphatic rings. The van der Waals surface area contributed by atoms with Crippen molar-refractivity contribution in [1.29, 1.82) is 0 Å². The normalized spacial score (nSPS) is 14.1. The minimum atomic E-state index is 0.261. The quantitative estimate of drug-likeness (QED) is 0.373. The number of aryl methyl sites for hydroxylation is 1. The van der Waals surface area contributed by atoms with E-state index in [1.54, 1.807) is 14.2 Å². The van der Waals surface area contributed by atoms with Gasteiger partial charge in [0, 0.05) is 31.4 Å². The van der Waals surface area contributed by atoms with Gasteiger partial charge in [0.1, 0.15) is 37.2 Å². The van der Waals surface area contributed by atoms with Crippen LogP contribution in [0, 0.1) is 6.92 Å². The van der Waals surface area contributed by atoms with Crippen molar-refractivity contribution in [3.05, 3.63) is 42.2 Å². The minimum Gasteiger partial charge on any atom is -0.490 e. The number of aromatic nitrogens is 2. The molecule has 4 rings (SSSR count). The lowest BCUT2D eigenvalue weighted by Crippen LogP contribution is -2.34. The number of piperidine rings is 1. The highest BCUT2D eigenvalue weighted by atomic mass is 16.5.